The van der Waals surface area contributed by atoms with Crippen molar-refractivity contribution in [3.8, 4) is 0 Å². The Balaban J connectivity index is 2.07. The molecule has 39 heavy (non-hydrogen) atoms. The Hall–Kier alpha value is -3.69. The Labute approximate surface area is 228 Å². The van der Waals surface area contributed by atoms with E-state index in [1.54, 1.807) is 4.90 Å². The molecule has 0 saturated heterocycles. The van der Waals surface area contributed by atoms with Crippen molar-refractivity contribution in [3.05, 3.63) is 100 Å². The van der Waals surface area contributed by atoms with Gasteiger partial charge in [0.15, 0.2) is 0 Å². The molecule has 1 aromatic heterocycles. The summed E-state index contributed by atoms with van der Waals surface area (Å²) in [6, 6.07) is 14.1. The predicted molar refractivity (Wildman–Crippen MR) is 146 cm³/mol. The molecule has 0 radical (unpaired) electrons. The minimum Gasteiger partial charge on any atom is -0.391 e. The Kier molecular flexibility index (Phi) is 11.1. The van der Waals surface area contributed by atoms with Gasteiger partial charge in [-0.2, -0.15) is 0 Å². The Morgan fingerprint density at radius 2 is 1.64 bits per heavy atom. The second kappa shape index (κ2) is 14.5. The van der Waals surface area contributed by atoms with Crippen molar-refractivity contribution in [2.24, 2.45) is 5.73 Å². The van der Waals surface area contributed by atoms with Crippen molar-refractivity contribution >= 4 is 11.8 Å². The van der Waals surface area contributed by atoms with Crippen LogP contribution in [-0.4, -0.2) is 52.5 Å². The van der Waals surface area contributed by atoms with E-state index in [2.05, 4.69) is 10.3 Å². The van der Waals surface area contributed by atoms with Gasteiger partial charge < -0.3 is 21.1 Å². The van der Waals surface area contributed by atoms with Gasteiger partial charge in [-0.05, 0) is 48.6 Å². The average molecular weight is 539 g/mol. The number of benzene rings is 2. The van der Waals surface area contributed by atoms with Gasteiger partial charge in [-0.3, -0.25) is 14.6 Å². The summed E-state index contributed by atoms with van der Waals surface area (Å²) in [5.41, 5.74) is 7.18. The van der Waals surface area contributed by atoms with Crippen molar-refractivity contribution in [2.45, 2.75) is 51.7 Å². The molecular formula is C30H36F2N4O3. The molecule has 0 aliphatic rings. The number of amides is 2. The minimum absolute atomic E-state index is 0.00261. The molecule has 9 heteroatoms. The molecular weight excluding hydrogens is 502 g/mol. The number of nitrogens with one attached hydrogen (secondary N) is 1. The lowest BCUT2D eigenvalue weighted by Gasteiger charge is -2.29. The largest absolute Gasteiger partial charge is 0.391 e. The minimum atomic E-state index is -1.15. The molecule has 3 aromatic rings. The molecule has 3 rings (SSSR count). The van der Waals surface area contributed by atoms with E-state index < -0.39 is 35.5 Å². The highest BCUT2D eigenvalue weighted by Crippen LogP contribution is 2.31. The van der Waals surface area contributed by atoms with E-state index in [1.807, 2.05) is 44.2 Å². The summed E-state index contributed by atoms with van der Waals surface area (Å²) < 4.78 is 28.2. The van der Waals surface area contributed by atoms with Crippen LogP contribution >= 0.6 is 0 Å². The van der Waals surface area contributed by atoms with E-state index in [4.69, 9.17) is 5.73 Å². The summed E-state index contributed by atoms with van der Waals surface area (Å²) in [7, 11) is 0. The van der Waals surface area contributed by atoms with Crippen LogP contribution in [0.1, 0.15) is 70.1 Å². The maximum absolute atomic E-state index is 14.1. The molecule has 0 fully saturated rings. The number of carbonyl (C=O) groups excluding carboxylic acids is 2. The van der Waals surface area contributed by atoms with Crippen LogP contribution in [0.4, 0.5) is 8.78 Å². The summed E-state index contributed by atoms with van der Waals surface area (Å²) in [5.74, 6) is -3.64. The van der Waals surface area contributed by atoms with E-state index >= 15 is 0 Å². The van der Waals surface area contributed by atoms with Crippen molar-refractivity contribution in [1.29, 1.82) is 0 Å². The van der Waals surface area contributed by atoms with Gasteiger partial charge >= 0.3 is 0 Å². The molecule has 0 saturated carbocycles. The summed E-state index contributed by atoms with van der Waals surface area (Å²) in [6.07, 6.45) is 1.56. The lowest BCUT2D eigenvalue weighted by Crippen LogP contribution is -2.38. The molecule has 0 spiro atoms. The fourth-order valence-corrected chi connectivity index (χ4v) is 4.75. The first-order chi connectivity index (χ1) is 18.7. The summed E-state index contributed by atoms with van der Waals surface area (Å²) in [4.78, 5) is 32.2. The van der Waals surface area contributed by atoms with E-state index in [9.17, 15) is 23.5 Å². The van der Waals surface area contributed by atoms with Gasteiger partial charge in [0.2, 0.25) is 5.91 Å². The molecule has 7 nitrogen and oxygen atoms in total. The van der Waals surface area contributed by atoms with Gasteiger partial charge in [-0.1, -0.05) is 44.2 Å². The van der Waals surface area contributed by atoms with Crippen molar-refractivity contribution in [3.63, 3.8) is 0 Å². The molecule has 0 aliphatic heterocycles. The molecule has 1 heterocycles. The topological polar surface area (TPSA) is 109 Å². The number of hydrogen-bond acceptors (Lipinski definition) is 5. The van der Waals surface area contributed by atoms with Gasteiger partial charge in [0.1, 0.15) is 17.3 Å². The standard InChI is InChI=1S/C30H36F2N4O3/c1-3-12-36(13-4-2)30(39)28-27(24(29(33)38)10-11-35-28)25(16-21-14-22(31)17-23(32)15-21)26(37)19-34-18-20-8-6-5-7-9-20/h5-11,14-15,17,25-26,34,37H,3-4,12-13,16,18-19H2,1-2H3,(H2,33,38)/t25-,26+/m1/s1. The van der Waals surface area contributed by atoms with Crippen LogP contribution in [-0.2, 0) is 13.0 Å². The first-order valence-electron chi connectivity index (χ1n) is 13.2. The number of nitrogens with two attached hydrogens (primary N) is 1. The molecule has 2 atom stereocenters. The normalized spacial score (nSPS) is 12.6. The molecule has 2 amide bonds. The fourth-order valence-electron chi connectivity index (χ4n) is 4.75. The molecule has 208 valence electrons. The van der Waals surface area contributed by atoms with Crippen LogP contribution in [0.25, 0.3) is 0 Å². The summed E-state index contributed by atoms with van der Waals surface area (Å²) in [6.45, 7) is 5.40. The Bertz CT molecular complexity index is 1230. The zero-order valence-corrected chi connectivity index (χ0v) is 22.4. The zero-order valence-electron chi connectivity index (χ0n) is 22.4. The number of aliphatic hydroxyl groups excluding tert-OH is 1. The number of nitrogens with zero attached hydrogens (tertiary/aromatic N) is 2. The molecule has 0 bridgehead atoms. The number of halogens is 2. The highest BCUT2D eigenvalue weighted by molar-refractivity contribution is 6.00. The van der Waals surface area contributed by atoms with Crippen LogP contribution in [0, 0.1) is 11.6 Å². The second-order valence-electron chi connectivity index (χ2n) is 9.55. The highest BCUT2D eigenvalue weighted by Gasteiger charge is 2.32. The van der Waals surface area contributed by atoms with Crippen LogP contribution in [0.5, 0.6) is 0 Å². The molecule has 0 aliphatic carbocycles. The van der Waals surface area contributed by atoms with Crippen molar-refractivity contribution in [2.75, 3.05) is 19.6 Å². The smallest absolute Gasteiger partial charge is 0.272 e. The third-order valence-electron chi connectivity index (χ3n) is 6.47. The van der Waals surface area contributed by atoms with Gasteiger partial charge in [-0.25, -0.2) is 8.78 Å². The van der Waals surface area contributed by atoms with Gasteiger partial charge in [0.05, 0.1) is 6.10 Å². The lowest BCUT2D eigenvalue weighted by molar-refractivity contribution is 0.0744. The maximum atomic E-state index is 14.1. The second-order valence-corrected chi connectivity index (χ2v) is 9.55. The quantitative estimate of drug-likeness (QED) is 0.285. The summed E-state index contributed by atoms with van der Waals surface area (Å²) >= 11 is 0. The number of aliphatic hydroxyl groups is 1. The Morgan fingerprint density at radius 3 is 2.23 bits per heavy atom. The van der Waals surface area contributed by atoms with Crippen molar-refractivity contribution in [1.82, 2.24) is 15.2 Å². The lowest BCUT2D eigenvalue weighted by atomic mass is 9.83. The first kappa shape index (κ1) is 29.9. The summed E-state index contributed by atoms with van der Waals surface area (Å²) in [5, 5.41) is 14.6. The highest BCUT2D eigenvalue weighted by atomic mass is 19.1. The van der Waals surface area contributed by atoms with Crippen molar-refractivity contribution < 1.29 is 23.5 Å². The Morgan fingerprint density at radius 1 is 1.00 bits per heavy atom. The number of carbonyl (C=O) groups is 2. The first-order valence-corrected chi connectivity index (χ1v) is 13.2. The SMILES string of the molecule is CCCN(CCC)C(=O)c1nccc(C(N)=O)c1[C@H](Cc1cc(F)cc(F)c1)[C@@H](O)CNCc1ccccc1. The number of pyridine rings is 1. The van der Waals surface area contributed by atoms with Gasteiger partial charge in [0, 0.05) is 55.5 Å². The van der Waals surface area contributed by atoms with Crippen LogP contribution in [0.2, 0.25) is 0 Å². The number of aromatic nitrogens is 1. The van der Waals surface area contributed by atoms with E-state index in [0.717, 1.165) is 11.6 Å². The van der Waals surface area contributed by atoms with Gasteiger partial charge in [-0.15, -0.1) is 0 Å². The predicted octanol–water partition coefficient (Wildman–Crippen LogP) is 4.20. The van der Waals surface area contributed by atoms with Crippen LogP contribution in [0.3, 0.4) is 0 Å². The van der Waals surface area contributed by atoms with Crippen LogP contribution < -0.4 is 11.1 Å². The zero-order chi connectivity index (χ0) is 28.4. The monoisotopic (exact) mass is 538 g/mol. The third kappa shape index (κ3) is 8.15. The number of rotatable bonds is 14. The van der Waals surface area contributed by atoms with E-state index in [-0.39, 0.29) is 35.3 Å². The number of primary amides is 1. The third-order valence-corrected chi connectivity index (χ3v) is 6.47. The van der Waals surface area contributed by atoms with E-state index in [0.29, 0.717) is 32.5 Å². The molecule has 0 unspecified atom stereocenters. The molecule has 2 aromatic carbocycles. The average Bonchev–Trinajstić information content (AvgIpc) is 2.91. The van der Waals surface area contributed by atoms with Gasteiger partial charge in [0.25, 0.3) is 5.91 Å². The number of hydrogen-bond donors (Lipinski definition) is 3. The van der Waals surface area contributed by atoms with E-state index in [1.165, 1.54) is 24.4 Å². The van der Waals surface area contributed by atoms with Crippen LogP contribution in [0.15, 0.2) is 60.8 Å². The fraction of sp³-hybridized carbons (Fsp3) is 0.367. The maximum Gasteiger partial charge on any atom is 0.272 e. The molecule has 4 N–H and O–H groups in total.